The minimum atomic E-state index is 0.333. The molecule has 1 saturated heterocycles. The van der Waals surface area contributed by atoms with Crippen LogP contribution in [-0.2, 0) is 9.59 Å². The van der Waals surface area contributed by atoms with Crippen molar-refractivity contribution >= 4 is 11.6 Å². The second kappa shape index (κ2) is 7.03. The van der Waals surface area contributed by atoms with Gasteiger partial charge in [0.1, 0.15) is 11.6 Å². The molecule has 1 heterocycles. The summed E-state index contributed by atoms with van der Waals surface area (Å²) in [5.41, 5.74) is 0. The second-order valence-corrected chi connectivity index (χ2v) is 5.82. The van der Waals surface area contributed by atoms with E-state index in [9.17, 15) is 9.59 Å². The number of carbonyl (C=O) groups excluding carboxylic acids is 2. The molecular weight excluding hydrogens is 226 g/mol. The molecule has 0 amide bonds. The molecule has 1 unspecified atom stereocenters. The smallest absolute Gasteiger partial charge is 0.146 e. The molecule has 0 N–H and O–H groups in total. The first-order chi connectivity index (χ1) is 8.75. The van der Waals surface area contributed by atoms with Crippen LogP contribution in [0.25, 0.3) is 0 Å². The number of hydrogen-bond acceptors (Lipinski definition) is 3. The molecule has 0 bridgehead atoms. The van der Waals surface area contributed by atoms with Gasteiger partial charge in [0, 0.05) is 25.3 Å². The van der Waals surface area contributed by atoms with E-state index in [1.807, 2.05) is 0 Å². The fourth-order valence-corrected chi connectivity index (χ4v) is 3.17. The zero-order valence-electron chi connectivity index (χ0n) is 11.3. The lowest BCUT2D eigenvalue weighted by Crippen LogP contribution is -2.42. The Morgan fingerprint density at radius 2 is 1.56 bits per heavy atom. The highest BCUT2D eigenvalue weighted by atomic mass is 16.1. The van der Waals surface area contributed by atoms with Gasteiger partial charge in [-0.15, -0.1) is 0 Å². The summed E-state index contributed by atoms with van der Waals surface area (Å²) in [7, 11) is 0. The van der Waals surface area contributed by atoms with Crippen LogP contribution in [0.3, 0.4) is 0 Å². The fourth-order valence-electron chi connectivity index (χ4n) is 3.17. The van der Waals surface area contributed by atoms with Crippen LogP contribution in [-0.4, -0.2) is 35.6 Å². The van der Waals surface area contributed by atoms with Gasteiger partial charge in [-0.05, 0) is 32.2 Å². The van der Waals surface area contributed by atoms with E-state index in [1.165, 1.54) is 19.3 Å². The Morgan fingerprint density at radius 1 is 0.833 bits per heavy atom. The van der Waals surface area contributed by atoms with Crippen LogP contribution in [0, 0.1) is 0 Å². The molecule has 1 aliphatic carbocycles. The summed E-state index contributed by atoms with van der Waals surface area (Å²) < 4.78 is 0. The Morgan fingerprint density at radius 3 is 2.39 bits per heavy atom. The predicted molar refractivity (Wildman–Crippen MR) is 71.5 cm³/mol. The number of rotatable bonds is 1. The first-order valence-electron chi connectivity index (χ1n) is 7.53. The van der Waals surface area contributed by atoms with Gasteiger partial charge < -0.3 is 0 Å². The summed E-state index contributed by atoms with van der Waals surface area (Å²) in [6, 6.07) is 0.333. The third-order valence-corrected chi connectivity index (χ3v) is 4.25. The zero-order valence-corrected chi connectivity index (χ0v) is 11.3. The number of nitrogens with zero attached hydrogens (tertiary/aromatic N) is 1. The molecule has 0 aromatic heterocycles. The van der Waals surface area contributed by atoms with Gasteiger partial charge in [-0.3, -0.25) is 14.5 Å². The first kappa shape index (κ1) is 13.7. The molecule has 18 heavy (non-hydrogen) atoms. The molecule has 1 saturated carbocycles. The van der Waals surface area contributed by atoms with E-state index < -0.39 is 0 Å². The summed E-state index contributed by atoms with van der Waals surface area (Å²) in [6.45, 7) is 1.58. The van der Waals surface area contributed by atoms with Crippen molar-refractivity contribution in [3.63, 3.8) is 0 Å². The summed E-state index contributed by atoms with van der Waals surface area (Å²) in [6.07, 6.45) is 10.1. The van der Waals surface area contributed by atoms with Crippen LogP contribution in [0.1, 0.15) is 64.2 Å². The number of ketones is 2. The standard InChI is InChI=1S/C15H25NO2/c17-14-8-4-1-3-7-13(11-14)16-10-6-2-5-9-15(18)12-16/h13H,1-12H2. The topological polar surface area (TPSA) is 37.4 Å². The molecule has 2 fully saturated rings. The summed E-state index contributed by atoms with van der Waals surface area (Å²) >= 11 is 0. The Bertz CT molecular complexity index is 271. The lowest BCUT2D eigenvalue weighted by Gasteiger charge is -2.33. The maximum atomic E-state index is 11.8. The van der Waals surface area contributed by atoms with Crippen molar-refractivity contribution in [2.45, 2.75) is 70.3 Å². The van der Waals surface area contributed by atoms with Crippen molar-refractivity contribution in [1.29, 1.82) is 0 Å². The summed E-state index contributed by atoms with van der Waals surface area (Å²) in [4.78, 5) is 25.9. The van der Waals surface area contributed by atoms with Crippen LogP contribution in [0.15, 0.2) is 0 Å². The highest BCUT2D eigenvalue weighted by molar-refractivity contribution is 5.81. The number of Topliss-reactive ketones (excluding diaryl/α,β-unsaturated/α-hetero) is 2. The van der Waals surface area contributed by atoms with Crippen LogP contribution < -0.4 is 0 Å². The monoisotopic (exact) mass is 251 g/mol. The Labute approximate surface area is 110 Å². The molecule has 0 aromatic rings. The quantitative estimate of drug-likeness (QED) is 0.719. The van der Waals surface area contributed by atoms with Crippen molar-refractivity contribution < 1.29 is 9.59 Å². The van der Waals surface area contributed by atoms with Crippen molar-refractivity contribution in [2.24, 2.45) is 0 Å². The van der Waals surface area contributed by atoms with Crippen molar-refractivity contribution in [2.75, 3.05) is 13.1 Å². The molecule has 102 valence electrons. The first-order valence-corrected chi connectivity index (χ1v) is 7.53. The molecule has 0 radical (unpaired) electrons. The molecule has 3 nitrogen and oxygen atoms in total. The average molecular weight is 251 g/mol. The molecule has 3 heteroatoms. The van der Waals surface area contributed by atoms with Crippen LogP contribution in [0.4, 0.5) is 0 Å². The van der Waals surface area contributed by atoms with Crippen molar-refractivity contribution in [3.8, 4) is 0 Å². The molecule has 1 aliphatic heterocycles. The van der Waals surface area contributed by atoms with Gasteiger partial charge in [-0.1, -0.05) is 19.3 Å². The average Bonchev–Trinajstić information content (AvgIpc) is 2.28. The van der Waals surface area contributed by atoms with E-state index in [2.05, 4.69) is 4.90 Å². The van der Waals surface area contributed by atoms with Crippen LogP contribution >= 0.6 is 0 Å². The third kappa shape index (κ3) is 4.20. The van der Waals surface area contributed by atoms with Crippen LogP contribution in [0.2, 0.25) is 0 Å². The lowest BCUT2D eigenvalue weighted by molar-refractivity contribution is -0.124. The molecule has 0 aromatic carbocycles. The second-order valence-electron chi connectivity index (χ2n) is 5.82. The molecule has 0 spiro atoms. The minimum absolute atomic E-state index is 0.333. The fraction of sp³-hybridized carbons (Fsp3) is 0.867. The maximum absolute atomic E-state index is 11.8. The van der Waals surface area contributed by atoms with Gasteiger partial charge in [0.15, 0.2) is 0 Å². The molecular formula is C15H25NO2. The van der Waals surface area contributed by atoms with Crippen LogP contribution in [0.5, 0.6) is 0 Å². The molecule has 2 rings (SSSR count). The van der Waals surface area contributed by atoms with Gasteiger partial charge in [0.25, 0.3) is 0 Å². The highest BCUT2D eigenvalue weighted by Crippen LogP contribution is 2.21. The number of hydrogen-bond donors (Lipinski definition) is 0. The minimum Gasteiger partial charge on any atom is -0.300 e. The van der Waals surface area contributed by atoms with E-state index >= 15 is 0 Å². The normalized spacial score (nSPS) is 29.2. The van der Waals surface area contributed by atoms with E-state index in [0.29, 0.717) is 30.6 Å². The Balaban J connectivity index is 1.96. The van der Waals surface area contributed by atoms with E-state index in [1.54, 1.807) is 0 Å². The van der Waals surface area contributed by atoms with Gasteiger partial charge in [-0.2, -0.15) is 0 Å². The Kier molecular flexibility index (Phi) is 5.36. The third-order valence-electron chi connectivity index (χ3n) is 4.25. The predicted octanol–water partition coefficient (Wildman–Crippen LogP) is 2.72. The highest BCUT2D eigenvalue weighted by Gasteiger charge is 2.25. The van der Waals surface area contributed by atoms with E-state index in [0.717, 1.165) is 45.1 Å². The van der Waals surface area contributed by atoms with E-state index in [4.69, 9.17) is 0 Å². The lowest BCUT2D eigenvalue weighted by atomic mass is 9.93. The molecule has 1 atom stereocenters. The van der Waals surface area contributed by atoms with Gasteiger partial charge >= 0.3 is 0 Å². The Hall–Kier alpha value is -0.700. The maximum Gasteiger partial charge on any atom is 0.146 e. The van der Waals surface area contributed by atoms with Crippen molar-refractivity contribution in [1.82, 2.24) is 4.90 Å². The summed E-state index contributed by atoms with van der Waals surface area (Å²) in [5, 5.41) is 0. The zero-order chi connectivity index (χ0) is 12.8. The van der Waals surface area contributed by atoms with E-state index in [-0.39, 0.29) is 0 Å². The number of likely N-dealkylation sites (tertiary alicyclic amines) is 1. The molecule has 2 aliphatic rings. The van der Waals surface area contributed by atoms with Gasteiger partial charge in [-0.25, -0.2) is 0 Å². The van der Waals surface area contributed by atoms with Crippen molar-refractivity contribution in [3.05, 3.63) is 0 Å². The van der Waals surface area contributed by atoms with Gasteiger partial charge in [0.05, 0.1) is 6.54 Å². The summed E-state index contributed by atoms with van der Waals surface area (Å²) in [5.74, 6) is 0.762. The largest absolute Gasteiger partial charge is 0.300 e. The number of carbonyl (C=O) groups is 2. The van der Waals surface area contributed by atoms with Gasteiger partial charge in [0.2, 0.25) is 0 Å². The SMILES string of the molecule is O=C1CCCCCC(N2CCCCCC(=O)C2)C1.